The third-order valence-corrected chi connectivity index (χ3v) is 3.77. The number of benzene rings is 1. The van der Waals surface area contributed by atoms with E-state index in [9.17, 15) is 5.11 Å². The van der Waals surface area contributed by atoms with Crippen molar-refractivity contribution in [2.24, 2.45) is 5.92 Å². The van der Waals surface area contributed by atoms with Gasteiger partial charge in [0.15, 0.2) is 0 Å². The van der Waals surface area contributed by atoms with Crippen molar-refractivity contribution in [2.45, 2.75) is 12.6 Å². The van der Waals surface area contributed by atoms with Crippen LogP contribution >= 0.6 is 0 Å². The lowest BCUT2D eigenvalue weighted by Gasteiger charge is -2.15. The van der Waals surface area contributed by atoms with E-state index in [2.05, 4.69) is 22.0 Å². The van der Waals surface area contributed by atoms with Gasteiger partial charge in [-0.15, -0.1) is 0 Å². The Labute approximate surface area is 112 Å². The molecule has 1 aliphatic heterocycles. The van der Waals surface area contributed by atoms with Crippen molar-refractivity contribution < 1.29 is 10.2 Å². The number of pyridine rings is 1. The van der Waals surface area contributed by atoms with Crippen LogP contribution in [0, 0.1) is 5.92 Å². The molecule has 100 valence electrons. The minimum absolute atomic E-state index is 0.0200. The molecule has 19 heavy (non-hydrogen) atoms. The van der Waals surface area contributed by atoms with Gasteiger partial charge in [0, 0.05) is 43.7 Å². The highest BCUT2D eigenvalue weighted by molar-refractivity contribution is 5.78. The van der Waals surface area contributed by atoms with E-state index in [0.717, 1.165) is 29.6 Å². The Morgan fingerprint density at radius 3 is 2.89 bits per heavy atom. The molecule has 2 atom stereocenters. The third-order valence-electron chi connectivity index (χ3n) is 3.77. The molecule has 2 unspecified atom stereocenters. The molecule has 3 rings (SSSR count). The summed E-state index contributed by atoms with van der Waals surface area (Å²) in [6.45, 7) is 2.18. The van der Waals surface area contributed by atoms with Gasteiger partial charge in [-0.3, -0.25) is 9.88 Å². The van der Waals surface area contributed by atoms with Gasteiger partial charge in [0.1, 0.15) is 0 Å². The van der Waals surface area contributed by atoms with Crippen LogP contribution in [0.25, 0.3) is 10.9 Å². The maximum atomic E-state index is 9.79. The Hall–Kier alpha value is -1.49. The van der Waals surface area contributed by atoms with Gasteiger partial charge in [-0.25, -0.2) is 0 Å². The first-order chi connectivity index (χ1) is 9.26. The smallest absolute Gasteiger partial charge is 0.0729 e. The zero-order valence-electron chi connectivity index (χ0n) is 10.7. The largest absolute Gasteiger partial charge is 0.396 e. The normalized spacial score (nSPS) is 24.1. The van der Waals surface area contributed by atoms with Crippen molar-refractivity contribution in [1.82, 2.24) is 9.88 Å². The summed E-state index contributed by atoms with van der Waals surface area (Å²) in [5, 5.41) is 20.1. The van der Waals surface area contributed by atoms with Gasteiger partial charge in [0.2, 0.25) is 0 Å². The van der Waals surface area contributed by atoms with Gasteiger partial charge >= 0.3 is 0 Å². The molecule has 1 aromatic heterocycles. The number of likely N-dealkylation sites (tertiary alicyclic amines) is 1. The van der Waals surface area contributed by atoms with Gasteiger partial charge in [-0.1, -0.05) is 18.2 Å². The average molecular weight is 258 g/mol. The molecular formula is C15H18N2O2. The summed E-state index contributed by atoms with van der Waals surface area (Å²) >= 11 is 0. The van der Waals surface area contributed by atoms with E-state index in [1.807, 2.05) is 24.4 Å². The standard InChI is InChI=1S/C15H18N2O2/c18-10-13-8-17(9-15(13)19)7-11-5-12-3-1-2-4-14(12)16-6-11/h1-6,13,15,18-19H,7-10H2. The molecular weight excluding hydrogens is 240 g/mol. The number of aliphatic hydroxyl groups excluding tert-OH is 2. The molecule has 4 heteroatoms. The molecule has 4 nitrogen and oxygen atoms in total. The van der Waals surface area contributed by atoms with E-state index in [4.69, 9.17) is 5.11 Å². The Bertz CT molecular complexity index is 573. The molecule has 1 saturated heterocycles. The van der Waals surface area contributed by atoms with E-state index in [1.165, 1.54) is 0 Å². The molecule has 2 aromatic rings. The van der Waals surface area contributed by atoms with Gasteiger partial charge < -0.3 is 10.2 Å². The predicted molar refractivity (Wildman–Crippen MR) is 73.6 cm³/mol. The summed E-state index contributed by atoms with van der Waals surface area (Å²) in [4.78, 5) is 6.61. The van der Waals surface area contributed by atoms with Crippen LogP contribution in [-0.4, -0.2) is 45.9 Å². The fourth-order valence-corrected chi connectivity index (χ4v) is 2.71. The van der Waals surface area contributed by atoms with Crippen LogP contribution in [0.2, 0.25) is 0 Å². The summed E-state index contributed by atoms with van der Waals surface area (Å²) < 4.78 is 0. The zero-order valence-corrected chi connectivity index (χ0v) is 10.7. The summed E-state index contributed by atoms with van der Waals surface area (Å²) in [7, 11) is 0. The fraction of sp³-hybridized carbons (Fsp3) is 0.400. The van der Waals surface area contributed by atoms with Gasteiger partial charge in [0.05, 0.1) is 11.6 Å². The van der Waals surface area contributed by atoms with Crippen molar-refractivity contribution in [3.8, 4) is 0 Å². The van der Waals surface area contributed by atoms with Crippen LogP contribution in [0.15, 0.2) is 36.5 Å². The number of para-hydroxylation sites is 1. The topological polar surface area (TPSA) is 56.6 Å². The number of hydrogen-bond acceptors (Lipinski definition) is 4. The second kappa shape index (κ2) is 5.25. The first-order valence-corrected chi connectivity index (χ1v) is 6.61. The monoisotopic (exact) mass is 258 g/mol. The summed E-state index contributed by atoms with van der Waals surface area (Å²) in [5.41, 5.74) is 2.14. The van der Waals surface area contributed by atoms with Crippen LogP contribution in [0.4, 0.5) is 0 Å². The number of fused-ring (bicyclic) bond motifs is 1. The van der Waals surface area contributed by atoms with Gasteiger partial charge in [-0.2, -0.15) is 0 Å². The molecule has 0 radical (unpaired) electrons. The minimum atomic E-state index is -0.418. The molecule has 1 fully saturated rings. The molecule has 1 aromatic carbocycles. The van der Waals surface area contributed by atoms with E-state index in [1.54, 1.807) is 0 Å². The molecule has 0 aliphatic carbocycles. The van der Waals surface area contributed by atoms with E-state index in [0.29, 0.717) is 6.54 Å². The molecule has 2 N–H and O–H groups in total. The number of aliphatic hydroxyl groups is 2. The molecule has 1 aliphatic rings. The summed E-state index contributed by atoms with van der Waals surface area (Å²) in [6, 6.07) is 10.2. The number of aromatic nitrogens is 1. The quantitative estimate of drug-likeness (QED) is 0.863. The Morgan fingerprint density at radius 2 is 2.11 bits per heavy atom. The zero-order chi connectivity index (χ0) is 13.2. The Kier molecular flexibility index (Phi) is 3.46. The predicted octanol–water partition coefficient (Wildman–Crippen LogP) is 1.02. The van der Waals surface area contributed by atoms with Crippen LogP contribution in [0.5, 0.6) is 0 Å². The van der Waals surface area contributed by atoms with Gasteiger partial charge in [0.25, 0.3) is 0 Å². The second-order valence-electron chi connectivity index (χ2n) is 5.24. The lowest BCUT2D eigenvalue weighted by molar-refractivity contribution is 0.103. The van der Waals surface area contributed by atoms with E-state index >= 15 is 0 Å². The first-order valence-electron chi connectivity index (χ1n) is 6.61. The highest BCUT2D eigenvalue weighted by atomic mass is 16.3. The number of nitrogens with zero attached hydrogens (tertiary/aromatic N) is 2. The van der Waals surface area contributed by atoms with Gasteiger partial charge in [-0.05, 0) is 17.7 Å². The molecule has 2 heterocycles. The molecule has 0 saturated carbocycles. The van der Waals surface area contributed by atoms with Crippen molar-refractivity contribution in [1.29, 1.82) is 0 Å². The lowest BCUT2D eigenvalue weighted by atomic mass is 10.1. The maximum absolute atomic E-state index is 9.79. The van der Waals surface area contributed by atoms with E-state index < -0.39 is 6.10 Å². The first kappa shape index (κ1) is 12.5. The van der Waals surface area contributed by atoms with Crippen LogP contribution in [-0.2, 0) is 6.54 Å². The fourth-order valence-electron chi connectivity index (χ4n) is 2.71. The lowest BCUT2D eigenvalue weighted by Crippen LogP contribution is -2.21. The average Bonchev–Trinajstić information content (AvgIpc) is 2.78. The number of rotatable bonds is 3. The molecule has 0 bridgehead atoms. The highest BCUT2D eigenvalue weighted by Gasteiger charge is 2.30. The SMILES string of the molecule is OCC1CN(Cc2cnc3ccccc3c2)CC1O. The number of hydrogen-bond donors (Lipinski definition) is 2. The molecule has 0 spiro atoms. The third kappa shape index (κ3) is 2.61. The second-order valence-corrected chi connectivity index (χ2v) is 5.24. The summed E-state index contributed by atoms with van der Waals surface area (Å²) in [5.74, 6) is -0.0200. The van der Waals surface area contributed by atoms with Crippen molar-refractivity contribution >= 4 is 10.9 Å². The van der Waals surface area contributed by atoms with Crippen LogP contribution in [0.1, 0.15) is 5.56 Å². The summed E-state index contributed by atoms with van der Waals surface area (Å²) in [6.07, 6.45) is 1.47. The Morgan fingerprint density at radius 1 is 1.26 bits per heavy atom. The van der Waals surface area contributed by atoms with Crippen molar-refractivity contribution in [3.05, 3.63) is 42.1 Å². The maximum Gasteiger partial charge on any atom is 0.0729 e. The van der Waals surface area contributed by atoms with Crippen LogP contribution in [0.3, 0.4) is 0 Å². The van der Waals surface area contributed by atoms with Crippen LogP contribution < -0.4 is 0 Å². The molecule has 0 amide bonds. The Balaban J connectivity index is 1.75. The van der Waals surface area contributed by atoms with Crippen molar-refractivity contribution in [3.63, 3.8) is 0 Å². The minimum Gasteiger partial charge on any atom is -0.396 e. The number of β-amino-alcohol motifs (C(OH)–C–C–N with tert-alkyl or cyclic N) is 1. The highest BCUT2D eigenvalue weighted by Crippen LogP contribution is 2.20. The van der Waals surface area contributed by atoms with E-state index in [-0.39, 0.29) is 12.5 Å². The van der Waals surface area contributed by atoms with Crippen molar-refractivity contribution in [2.75, 3.05) is 19.7 Å².